The van der Waals surface area contributed by atoms with Crippen LogP contribution in [0.15, 0.2) is 40.0 Å². The second-order valence-corrected chi connectivity index (χ2v) is 9.35. The number of hydrogen-bond donors (Lipinski definition) is 3. The molecule has 0 radical (unpaired) electrons. The predicted octanol–water partition coefficient (Wildman–Crippen LogP) is 2.01. The van der Waals surface area contributed by atoms with E-state index in [-0.39, 0.29) is 22.9 Å². The standard InChI is InChI=1S/C21H29N3O5S/c1-13(2)10-19(24-30(27,28)17-8-6-16(29-5)7-9-17)21(26)22-12-18-14(3)11-15(4)23-20(18)25/h6-9,11,13,19,24H,10,12H2,1-5H3,(H,22,26)(H,23,25). The van der Waals surface area contributed by atoms with Crippen molar-refractivity contribution in [3.63, 3.8) is 0 Å². The number of carbonyl (C=O) groups is 1. The van der Waals surface area contributed by atoms with Gasteiger partial charge in [-0.15, -0.1) is 0 Å². The van der Waals surface area contributed by atoms with E-state index in [1.807, 2.05) is 19.9 Å². The molecule has 3 N–H and O–H groups in total. The number of carbonyl (C=O) groups excluding carboxylic acids is 1. The Labute approximate surface area is 177 Å². The van der Waals surface area contributed by atoms with Crippen molar-refractivity contribution in [1.29, 1.82) is 0 Å². The maximum Gasteiger partial charge on any atom is 0.253 e. The summed E-state index contributed by atoms with van der Waals surface area (Å²) >= 11 is 0. The largest absolute Gasteiger partial charge is 0.497 e. The monoisotopic (exact) mass is 435 g/mol. The lowest BCUT2D eigenvalue weighted by atomic mass is 10.0. The molecule has 1 unspecified atom stereocenters. The summed E-state index contributed by atoms with van der Waals surface area (Å²) in [7, 11) is -2.42. The molecule has 1 heterocycles. The van der Waals surface area contributed by atoms with E-state index in [1.54, 1.807) is 26.0 Å². The van der Waals surface area contributed by atoms with Gasteiger partial charge in [0.15, 0.2) is 0 Å². The predicted molar refractivity (Wildman–Crippen MR) is 115 cm³/mol. The summed E-state index contributed by atoms with van der Waals surface area (Å²) in [6, 6.07) is 6.77. The number of benzene rings is 1. The van der Waals surface area contributed by atoms with Crippen LogP contribution in [0.5, 0.6) is 5.75 Å². The lowest BCUT2D eigenvalue weighted by Gasteiger charge is -2.20. The first kappa shape index (κ1) is 23.6. The number of pyridine rings is 1. The van der Waals surface area contributed by atoms with Crippen LogP contribution in [0.2, 0.25) is 0 Å². The molecule has 0 aliphatic rings. The van der Waals surface area contributed by atoms with Gasteiger partial charge < -0.3 is 15.0 Å². The number of H-pyrrole nitrogens is 1. The molecule has 0 spiro atoms. The molecule has 0 aliphatic carbocycles. The van der Waals surface area contributed by atoms with E-state index >= 15 is 0 Å². The lowest BCUT2D eigenvalue weighted by molar-refractivity contribution is -0.123. The van der Waals surface area contributed by atoms with E-state index < -0.39 is 22.0 Å². The molecular weight excluding hydrogens is 406 g/mol. The van der Waals surface area contributed by atoms with Crippen molar-refractivity contribution in [3.8, 4) is 5.75 Å². The highest BCUT2D eigenvalue weighted by molar-refractivity contribution is 7.89. The van der Waals surface area contributed by atoms with Crippen LogP contribution in [0.3, 0.4) is 0 Å². The first-order valence-electron chi connectivity index (χ1n) is 9.67. The van der Waals surface area contributed by atoms with Crippen LogP contribution in [-0.2, 0) is 21.4 Å². The molecule has 0 fully saturated rings. The number of methoxy groups -OCH3 is 1. The molecule has 2 rings (SSSR count). The fourth-order valence-corrected chi connectivity index (χ4v) is 4.30. The molecule has 2 aromatic rings. The van der Waals surface area contributed by atoms with Gasteiger partial charge in [0.25, 0.3) is 5.56 Å². The number of aromatic nitrogens is 1. The van der Waals surface area contributed by atoms with Gasteiger partial charge >= 0.3 is 0 Å². The minimum atomic E-state index is -3.91. The van der Waals surface area contributed by atoms with Crippen molar-refractivity contribution in [2.24, 2.45) is 5.92 Å². The van der Waals surface area contributed by atoms with Crippen molar-refractivity contribution in [1.82, 2.24) is 15.0 Å². The van der Waals surface area contributed by atoms with Crippen molar-refractivity contribution in [3.05, 3.63) is 57.5 Å². The molecule has 0 saturated carbocycles. The summed E-state index contributed by atoms with van der Waals surface area (Å²) in [5, 5.41) is 2.69. The third-order valence-electron chi connectivity index (χ3n) is 4.62. The number of hydrogen-bond acceptors (Lipinski definition) is 5. The number of aryl methyl sites for hydroxylation is 2. The van der Waals surface area contributed by atoms with Gasteiger partial charge in [0.1, 0.15) is 11.8 Å². The molecule has 30 heavy (non-hydrogen) atoms. The van der Waals surface area contributed by atoms with Gasteiger partial charge in [-0.1, -0.05) is 13.8 Å². The molecule has 1 aromatic carbocycles. The summed E-state index contributed by atoms with van der Waals surface area (Å²) in [5.41, 5.74) is 1.66. The van der Waals surface area contributed by atoms with E-state index in [4.69, 9.17) is 4.74 Å². The highest BCUT2D eigenvalue weighted by Crippen LogP contribution is 2.17. The molecule has 1 amide bonds. The second kappa shape index (κ2) is 9.90. The summed E-state index contributed by atoms with van der Waals surface area (Å²) in [5.74, 6) is 0.119. The normalized spacial score (nSPS) is 12.6. The third kappa shape index (κ3) is 6.17. The van der Waals surface area contributed by atoms with Crippen molar-refractivity contribution >= 4 is 15.9 Å². The zero-order chi connectivity index (χ0) is 22.5. The van der Waals surface area contributed by atoms with Crippen LogP contribution in [-0.4, -0.2) is 32.5 Å². The van der Waals surface area contributed by atoms with E-state index in [2.05, 4.69) is 15.0 Å². The summed E-state index contributed by atoms with van der Waals surface area (Å²) in [4.78, 5) is 27.7. The Morgan fingerprint density at radius 2 is 1.80 bits per heavy atom. The maximum absolute atomic E-state index is 12.8. The van der Waals surface area contributed by atoms with Gasteiger partial charge in [0.2, 0.25) is 15.9 Å². The minimum absolute atomic E-state index is 0.0130. The Hall–Kier alpha value is -2.65. The van der Waals surface area contributed by atoms with E-state index in [1.165, 1.54) is 19.2 Å². The molecule has 0 saturated heterocycles. The van der Waals surface area contributed by atoms with Crippen LogP contribution in [0.25, 0.3) is 0 Å². The smallest absolute Gasteiger partial charge is 0.253 e. The van der Waals surface area contributed by atoms with Gasteiger partial charge in [0.05, 0.1) is 12.0 Å². The van der Waals surface area contributed by atoms with E-state index in [9.17, 15) is 18.0 Å². The topological polar surface area (TPSA) is 117 Å². The molecule has 0 aliphatic heterocycles. The number of ether oxygens (including phenoxy) is 1. The van der Waals surface area contributed by atoms with Gasteiger partial charge in [-0.2, -0.15) is 4.72 Å². The molecule has 1 aromatic heterocycles. The Kier molecular flexibility index (Phi) is 7.80. The number of sulfonamides is 1. The highest BCUT2D eigenvalue weighted by atomic mass is 32.2. The molecule has 8 nitrogen and oxygen atoms in total. The zero-order valence-electron chi connectivity index (χ0n) is 17.9. The van der Waals surface area contributed by atoms with Crippen molar-refractivity contribution in [2.75, 3.05) is 7.11 Å². The van der Waals surface area contributed by atoms with Gasteiger partial charge in [-0.3, -0.25) is 9.59 Å². The molecule has 0 bridgehead atoms. The average Bonchev–Trinajstić information content (AvgIpc) is 2.66. The molecule has 164 valence electrons. The summed E-state index contributed by atoms with van der Waals surface area (Å²) < 4.78 is 33.1. The average molecular weight is 436 g/mol. The minimum Gasteiger partial charge on any atom is -0.497 e. The maximum atomic E-state index is 12.8. The first-order chi connectivity index (χ1) is 14.0. The number of rotatable bonds is 9. The second-order valence-electron chi connectivity index (χ2n) is 7.64. The molecular formula is C21H29N3O5S. The van der Waals surface area contributed by atoms with E-state index in [0.29, 0.717) is 17.7 Å². The van der Waals surface area contributed by atoms with Crippen molar-refractivity contribution in [2.45, 2.75) is 51.6 Å². The molecule has 9 heteroatoms. The summed E-state index contributed by atoms with van der Waals surface area (Å²) in [6.07, 6.45) is 0.310. The highest BCUT2D eigenvalue weighted by Gasteiger charge is 2.26. The number of amides is 1. The van der Waals surface area contributed by atoms with Gasteiger partial charge in [-0.25, -0.2) is 8.42 Å². The SMILES string of the molecule is COc1ccc(S(=O)(=O)NC(CC(C)C)C(=O)NCc2c(C)cc(C)[nH]c2=O)cc1. The fraction of sp³-hybridized carbons (Fsp3) is 0.429. The fourth-order valence-electron chi connectivity index (χ4n) is 3.09. The molecule has 1 atom stereocenters. The van der Waals surface area contributed by atoms with Crippen LogP contribution in [0.4, 0.5) is 0 Å². The van der Waals surface area contributed by atoms with Crippen LogP contribution in [0.1, 0.15) is 37.1 Å². The zero-order valence-corrected chi connectivity index (χ0v) is 18.7. The van der Waals surface area contributed by atoms with Gasteiger partial charge in [-0.05, 0) is 62.1 Å². The Morgan fingerprint density at radius 1 is 1.17 bits per heavy atom. The van der Waals surface area contributed by atoms with Gasteiger partial charge in [0, 0.05) is 17.8 Å². The van der Waals surface area contributed by atoms with Crippen LogP contribution in [0, 0.1) is 19.8 Å². The number of aromatic amines is 1. The quantitative estimate of drug-likeness (QED) is 0.557. The van der Waals surface area contributed by atoms with Crippen molar-refractivity contribution < 1.29 is 17.9 Å². The first-order valence-corrected chi connectivity index (χ1v) is 11.1. The summed E-state index contributed by atoms with van der Waals surface area (Å²) in [6.45, 7) is 7.39. The Bertz CT molecular complexity index is 1040. The van der Waals surface area contributed by atoms with Crippen LogP contribution < -0.4 is 20.3 Å². The van der Waals surface area contributed by atoms with E-state index in [0.717, 1.165) is 11.3 Å². The number of nitrogens with one attached hydrogen (secondary N) is 3. The Morgan fingerprint density at radius 3 is 2.33 bits per heavy atom. The lowest BCUT2D eigenvalue weighted by Crippen LogP contribution is -2.47. The van der Waals surface area contributed by atoms with Crippen LogP contribution >= 0.6 is 0 Å². The Balaban J connectivity index is 2.18. The third-order valence-corrected chi connectivity index (χ3v) is 6.11.